The van der Waals surface area contributed by atoms with E-state index in [9.17, 15) is 15.2 Å². The van der Waals surface area contributed by atoms with Crippen molar-refractivity contribution in [2.24, 2.45) is 0 Å². The third-order valence-corrected chi connectivity index (χ3v) is 5.03. The topological polar surface area (TPSA) is 67.6 Å². The minimum atomic E-state index is -1.14. The van der Waals surface area contributed by atoms with Gasteiger partial charge in [0.2, 0.25) is 0 Å². The maximum Gasteiger partial charge on any atom is 0.254 e. The Balaban J connectivity index is 1.62. The van der Waals surface area contributed by atoms with Crippen molar-refractivity contribution >= 4 is 5.91 Å². The fraction of sp³-hybridized carbons (Fsp3) is 0.556. The second-order valence-electron chi connectivity index (χ2n) is 6.51. The van der Waals surface area contributed by atoms with Gasteiger partial charge in [-0.3, -0.25) is 9.69 Å². The number of benzene rings is 1. The summed E-state index contributed by atoms with van der Waals surface area (Å²) < 4.78 is 0. The van der Waals surface area contributed by atoms with E-state index >= 15 is 0 Å². The molecule has 1 heterocycles. The zero-order valence-electron chi connectivity index (χ0n) is 13.3. The molecule has 1 unspecified atom stereocenters. The van der Waals surface area contributed by atoms with Gasteiger partial charge < -0.3 is 10.0 Å². The SMILES string of the molecule is N#CC(c1ccccc1)N1CCN(C(=O)C2(O)CCCC2)CC1. The second-order valence-corrected chi connectivity index (χ2v) is 6.51. The fourth-order valence-corrected chi connectivity index (χ4v) is 3.65. The Labute approximate surface area is 137 Å². The zero-order valence-corrected chi connectivity index (χ0v) is 13.3. The predicted molar refractivity (Wildman–Crippen MR) is 86.4 cm³/mol. The van der Waals surface area contributed by atoms with E-state index in [1.807, 2.05) is 30.3 Å². The molecule has 1 aromatic rings. The highest BCUT2D eigenvalue weighted by atomic mass is 16.3. The van der Waals surface area contributed by atoms with E-state index in [0.717, 1.165) is 18.4 Å². The summed E-state index contributed by atoms with van der Waals surface area (Å²) in [6.07, 6.45) is 3.01. The molecule has 1 aliphatic heterocycles. The molecule has 1 aliphatic carbocycles. The number of nitriles is 1. The number of aliphatic hydroxyl groups is 1. The number of nitrogens with zero attached hydrogens (tertiary/aromatic N) is 3. The Morgan fingerprint density at radius 3 is 2.30 bits per heavy atom. The molecule has 122 valence electrons. The summed E-state index contributed by atoms with van der Waals surface area (Å²) in [7, 11) is 0. The van der Waals surface area contributed by atoms with Crippen LogP contribution in [0.3, 0.4) is 0 Å². The van der Waals surface area contributed by atoms with Crippen LogP contribution in [0.5, 0.6) is 0 Å². The molecule has 2 aliphatic rings. The third-order valence-electron chi connectivity index (χ3n) is 5.03. The monoisotopic (exact) mass is 313 g/mol. The number of carbonyl (C=O) groups excluding carboxylic acids is 1. The van der Waals surface area contributed by atoms with Gasteiger partial charge in [-0.2, -0.15) is 5.26 Å². The van der Waals surface area contributed by atoms with Crippen LogP contribution in [0.4, 0.5) is 0 Å². The molecule has 3 rings (SSSR count). The molecule has 1 saturated carbocycles. The van der Waals surface area contributed by atoms with Gasteiger partial charge in [0.25, 0.3) is 5.91 Å². The first-order chi connectivity index (χ1) is 11.1. The van der Waals surface area contributed by atoms with Gasteiger partial charge in [0.1, 0.15) is 11.6 Å². The number of carbonyl (C=O) groups is 1. The lowest BCUT2D eigenvalue weighted by molar-refractivity contribution is -0.152. The molecule has 1 aromatic carbocycles. The van der Waals surface area contributed by atoms with Crippen molar-refractivity contribution in [3.8, 4) is 6.07 Å². The lowest BCUT2D eigenvalue weighted by Crippen LogP contribution is -2.55. The predicted octanol–water partition coefficient (Wildman–Crippen LogP) is 1.70. The quantitative estimate of drug-likeness (QED) is 0.922. The van der Waals surface area contributed by atoms with E-state index in [4.69, 9.17) is 0 Å². The number of hydrogen-bond acceptors (Lipinski definition) is 4. The molecule has 0 aromatic heterocycles. The van der Waals surface area contributed by atoms with Crippen LogP contribution in [0.25, 0.3) is 0 Å². The van der Waals surface area contributed by atoms with Crippen LogP contribution in [-0.4, -0.2) is 52.6 Å². The van der Waals surface area contributed by atoms with Crippen LogP contribution < -0.4 is 0 Å². The summed E-state index contributed by atoms with van der Waals surface area (Å²) in [5.74, 6) is -0.122. The van der Waals surface area contributed by atoms with Gasteiger partial charge in [0.05, 0.1) is 6.07 Å². The van der Waals surface area contributed by atoms with Crippen LogP contribution in [0, 0.1) is 11.3 Å². The molecular formula is C18H23N3O2. The third kappa shape index (κ3) is 3.24. The van der Waals surface area contributed by atoms with Crippen LogP contribution >= 0.6 is 0 Å². The number of hydrogen-bond donors (Lipinski definition) is 1. The summed E-state index contributed by atoms with van der Waals surface area (Å²) in [6.45, 7) is 2.47. The van der Waals surface area contributed by atoms with Crippen molar-refractivity contribution in [2.45, 2.75) is 37.3 Å². The zero-order chi connectivity index (χ0) is 16.3. The highest BCUT2D eigenvalue weighted by Crippen LogP contribution is 2.32. The minimum Gasteiger partial charge on any atom is -0.380 e. The van der Waals surface area contributed by atoms with Gasteiger partial charge in [-0.1, -0.05) is 30.3 Å². The van der Waals surface area contributed by atoms with Crippen LogP contribution in [-0.2, 0) is 4.79 Å². The van der Waals surface area contributed by atoms with Gasteiger partial charge in [-0.25, -0.2) is 0 Å². The van der Waals surface area contributed by atoms with E-state index in [-0.39, 0.29) is 11.9 Å². The first-order valence-corrected chi connectivity index (χ1v) is 8.34. The van der Waals surface area contributed by atoms with Crippen molar-refractivity contribution < 1.29 is 9.90 Å². The normalized spacial score (nSPS) is 22.5. The van der Waals surface area contributed by atoms with Gasteiger partial charge >= 0.3 is 0 Å². The number of rotatable bonds is 3. The fourth-order valence-electron chi connectivity index (χ4n) is 3.65. The van der Waals surface area contributed by atoms with E-state index in [2.05, 4.69) is 11.0 Å². The summed E-state index contributed by atoms with van der Waals surface area (Å²) in [4.78, 5) is 16.4. The lowest BCUT2D eigenvalue weighted by atomic mass is 9.99. The van der Waals surface area contributed by atoms with Crippen molar-refractivity contribution in [1.82, 2.24) is 9.80 Å². The summed E-state index contributed by atoms with van der Waals surface area (Å²) in [5.41, 5.74) is -0.153. The van der Waals surface area contributed by atoms with Gasteiger partial charge in [0, 0.05) is 26.2 Å². The second kappa shape index (κ2) is 6.69. The van der Waals surface area contributed by atoms with Crippen molar-refractivity contribution in [3.05, 3.63) is 35.9 Å². The Kier molecular flexibility index (Phi) is 4.65. The van der Waals surface area contributed by atoms with Crippen LogP contribution in [0.15, 0.2) is 30.3 Å². The molecule has 1 amide bonds. The molecule has 0 spiro atoms. The molecule has 1 N–H and O–H groups in total. The molecule has 1 atom stereocenters. The maximum atomic E-state index is 12.5. The number of amides is 1. The molecular weight excluding hydrogens is 290 g/mol. The smallest absolute Gasteiger partial charge is 0.254 e. The van der Waals surface area contributed by atoms with Crippen LogP contribution in [0.1, 0.15) is 37.3 Å². The first kappa shape index (κ1) is 16.0. The van der Waals surface area contributed by atoms with Gasteiger partial charge in [-0.05, 0) is 31.2 Å². The highest BCUT2D eigenvalue weighted by molar-refractivity contribution is 5.85. The Bertz CT molecular complexity index is 582. The molecule has 0 bridgehead atoms. The molecule has 5 nitrogen and oxygen atoms in total. The summed E-state index contributed by atoms with van der Waals surface area (Å²) >= 11 is 0. The van der Waals surface area contributed by atoms with Crippen molar-refractivity contribution in [3.63, 3.8) is 0 Å². The molecule has 2 fully saturated rings. The highest BCUT2D eigenvalue weighted by Gasteiger charge is 2.42. The van der Waals surface area contributed by atoms with Gasteiger partial charge in [0.15, 0.2) is 0 Å². The summed E-state index contributed by atoms with van der Waals surface area (Å²) in [5, 5.41) is 20.0. The molecule has 0 radical (unpaired) electrons. The van der Waals surface area contributed by atoms with E-state index in [1.165, 1.54) is 0 Å². The Hall–Kier alpha value is -1.90. The first-order valence-electron chi connectivity index (χ1n) is 8.34. The Morgan fingerprint density at radius 2 is 1.74 bits per heavy atom. The van der Waals surface area contributed by atoms with Crippen LogP contribution in [0.2, 0.25) is 0 Å². The van der Waals surface area contributed by atoms with Crippen molar-refractivity contribution in [2.75, 3.05) is 26.2 Å². The lowest BCUT2D eigenvalue weighted by Gasteiger charge is -2.39. The Morgan fingerprint density at radius 1 is 1.13 bits per heavy atom. The van der Waals surface area contributed by atoms with E-state index in [1.54, 1.807) is 4.90 Å². The minimum absolute atomic E-state index is 0.122. The average molecular weight is 313 g/mol. The molecule has 1 saturated heterocycles. The summed E-state index contributed by atoms with van der Waals surface area (Å²) in [6, 6.07) is 11.8. The van der Waals surface area contributed by atoms with E-state index < -0.39 is 5.60 Å². The average Bonchev–Trinajstić information content (AvgIpc) is 3.04. The molecule has 5 heteroatoms. The van der Waals surface area contributed by atoms with E-state index in [0.29, 0.717) is 39.0 Å². The number of piperazine rings is 1. The standard InChI is InChI=1S/C18H23N3O2/c19-14-16(15-6-2-1-3-7-15)20-10-12-21(13-11-20)17(22)18(23)8-4-5-9-18/h1-3,6-7,16,23H,4-5,8-13H2. The largest absolute Gasteiger partial charge is 0.380 e. The van der Waals surface area contributed by atoms with Crippen molar-refractivity contribution in [1.29, 1.82) is 5.26 Å². The van der Waals surface area contributed by atoms with Gasteiger partial charge in [-0.15, -0.1) is 0 Å². The molecule has 23 heavy (non-hydrogen) atoms. The maximum absolute atomic E-state index is 12.5.